The van der Waals surface area contributed by atoms with Gasteiger partial charge in [0.15, 0.2) is 0 Å². The van der Waals surface area contributed by atoms with E-state index in [0.717, 1.165) is 12.2 Å². The van der Waals surface area contributed by atoms with Crippen molar-refractivity contribution < 1.29 is 28.0 Å². The first-order valence-corrected chi connectivity index (χ1v) is 5.07. The summed E-state index contributed by atoms with van der Waals surface area (Å²) in [5.74, 6) is -1.74. The SMILES string of the molecule is O=C(O)C1(O)C=CC=CC1S(=O)(=O)O. The lowest BCUT2D eigenvalue weighted by atomic mass is 9.95. The van der Waals surface area contributed by atoms with Crippen LogP contribution in [0.4, 0.5) is 0 Å². The van der Waals surface area contributed by atoms with Gasteiger partial charge >= 0.3 is 5.97 Å². The molecule has 7 heteroatoms. The number of carboxylic acid groups (broad SMARTS) is 1. The van der Waals surface area contributed by atoms with Crippen LogP contribution in [0.1, 0.15) is 0 Å². The highest BCUT2D eigenvalue weighted by molar-refractivity contribution is 7.86. The van der Waals surface area contributed by atoms with Crippen LogP contribution in [0, 0.1) is 0 Å². The molecule has 0 radical (unpaired) electrons. The predicted octanol–water partition coefficient (Wildman–Crippen LogP) is -0.815. The topological polar surface area (TPSA) is 112 Å². The summed E-state index contributed by atoms with van der Waals surface area (Å²) in [6, 6.07) is 0. The first-order chi connectivity index (χ1) is 6.28. The van der Waals surface area contributed by atoms with Crippen LogP contribution in [0.2, 0.25) is 0 Å². The largest absolute Gasteiger partial charge is 0.479 e. The van der Waals surface area contributed by atoms with Gasteiger partial charge in [-0.05, 0) is 6.08 Å². The van der Waals surface area contributed by atoms with Gasteiger partial charge in [0.1, 0.15) is 5.25 Å². The van der Waals surface area contributed by atoms with Crippen molar-refractivity contribution in [3.05, 3.63) is 24.3 Å². The maximum Gasteiger partial charge on any atom is 0.341 e. The summed E-state index contributed by atoms with van der Waals surface area (Å²) in [6.45, 7) is 0. The number of rotatable bonds is 2. The fourth-order valence-corrected chi connectivity index (χ4v) is 2.05. The van der Waals surface area contributed by atoms with Gasteiger partial charge in [-0.25, -0.2) is 4.79 Å². The zero-order valence-corrected chi connectivity index (χ0v) is 7.68. The molecular weight excluding hydrogens is 212 g/mol. The molecule has 2 unspecified atom stereocenters. The van der Waals surface area contributed by atoms with E-state index in [1.54, 1.807) is 0 Å². The number of hydrogen-bond donors (Lipinski definition) is 3. The number of carboxylic acids is 1. The Kier molecular flexibility index (Phi) is 2.49. The van der Waals surface area contributed by atoms with Gasteiger partial charge in [0.25, 0.3) is 10.1 Å². The second-order valence-corrected chi connectivity index (χ2v) is 4.35. The fourth-order valence-electron chi connectivity index (χ4n) is 1.13. The second-order valence-electron chi connectivity index (χ2n) is 2.81. The van der Waals surface area contributed by atoms with Gasteiger partial charge in [-0.3, -0.25) is 4.55 Å². The molecule has 0 aromatic heterocycles. The van der Waals surface area contributed by atoms with Gasteiger partial charge in [0.05, 0.1) is 0 Å². The van der Waals surface area contributed by atoms with Crippen molar-refractivity contribution in [2.45, 2.75) is 10.9 Å². The van der Waals surface area contributed by atoms with Gasteiger partial charge in [-0.1, -0.05) is 18.2 Å². The van der Waals surface area contributed by atoms with Gasteiger partial charge < -0.3 is 10.2 Å². The Bertz CT molecular complexity index is 406. The van der Waals surface area contributed by atoms with Crippen LogP contribution in [-0.4, -0.2) is 40.0 Å². The Hall–Kier alpha value is -1.18. The minimum Gasteiger partial charge on any atom is -0.479 e. The fraction of sp³-hybridized carbons (Fsp3) is 0.286. The molecule has 1 aliphatic carbocycles. The van der Waals surface area contributed by atoms with Gasteiger partial charge in [-0.2, -0.15) is 8.42 Å². The minimum atomic E-state index is -4.65. The third kappa shape index (κ3) is 1.69. The van der Waals surface area contributed by atoms with Gasteiger partial charge in [-0.15, -0.1) is 0 Å². The standard InChI is InChI=1S/C7H8O6S/c8-6(9)7(10)4-2-1-3-5(7)14(11,12)13/h1-5,10H,(H,8,9)(H,11,12,13). The Morgan fingerprint density at radius 1 is 1.36 bits per heavy atom. The monoisotopic (exact) mass is 220 g/mol. The molecule has 0 aromatic rings. The second kappa shape index (κ2) is 3.19. The Morgan fingerprint density at radius 3 is 2.29 bits per heavy atom. The smallest absolute Gasteiger partial charge is 0.341 e. The molecule has 2 atom stereocenters. The average Bonchev–Trinajstić information content (AvgIpc) is 2.02. The molecular formula is C7H8O6S. The molecule has 0 spiro atoms. The molecule has 78 valence electrons. The molecule has 1 aliphatic rings. The number of aliphatic hydroxyl groups is 1. The van der Waals surface area contributed by atoms with Crippen LogP contribution >= 0.6 is 0 Å². The van der Waals surface area contributed by atoms with E-state index in [2.05, 4.69) is 0 Å². The third-order valence-corrected chi connectivity index (χ3v) is 3.00. The van der Waals surface area contributed by atoms with Crippen LogP contribution in [0.5, 0.6) is 0 Å². The molecule has 0 aliphatic heterocycles. The van der Waals surface area contributed by atoms with E-state index in [4.69, 9.17) is 9.66 Å². The molecule has 6 nitrogen and oxygen atoms in total. The molecule has 0 heterocycles. The molecule has 0 saturated heterocycles. The molecule has 0 fully saturated rings. The Morgan fingerprint density at radius 2 is 1.93 bits per heavy atom. The molecule has 0 saturated carbocycles. The Labute approximate surface area is 79.9 Å². The quantitative estimate of drug-likeness (QED) is 0.524. The maximum absolute atomic E-state index is 10.8. The third-order valence-electron chi connectivity index (χ3n) is 1.84. The highest BCUT2D eigenvalue weighted by Gasteiger charge is 2.48. The summed E-state index contributed by atoms with van der Waals surface area (Å²) in [4.78, 5) is 10.6. The summed E-state index contributed by atoms with van der Waals surface area (Å²) in [5, 5.41) is 16.2. The highest BCUT2D eigenvalue weighted by Crippen LogP contribution is 2.24. The zero-order valence-electron chi connectivity index (χ0n) is 6.86. The maximum atomic E-state index is 10.8. The van der Waals surface area contributed by atoms with Crippen molar-refractivity contribution in [1.82, 2.24) is 0 Å². The number of aliphatic carboxylic acids is 1. The van der Waals surface area contributed by atoms with Crippen molar-refractivity contribution >= 4 is 16.1 Å². The van der Waals surface area contributed by atoms with E-state index in [9.17, 15) is 18.3 Å². The predicted molar refractivity (Wildman–Crippen MR) is 46.2 cm³/mol. The Balaban J connectivity index is 3.25. The van der Waals surface area contributed by atoms with Crippen molar-refractivity contribution in [2.24, 2.45) is 0 Å². The number of hydrogen-bond acceptors (Lipinski definition) is 4. The van der Waals surface area contributed by atoms with Gasteiger partial charge in [0, 0.05) is 0 Å². The lowest BCUT2D eigenvalue weighted by molar-refractivity contribution is -0.153. The van der Waals surface area contributed by atoms with E-state index in [0.29, 0.717) is 0 Å². The van der Waals surface area contributed by atoms with Crippen LogP contribution in [0.25, 0.3) is 0 Å². The van der Waals surface area contributed by atoms with Crippen molar-refractivity contribution in [3.63, 3.8) is 0 Å². The van der Waals surface area contributed by atoms with Crippen molar-refractivity contribution in [1.29, 1.82) is 0 Å². The van der Waals surface area contributed by atoms with E-state index >= 15 is 0 Å². The number of allylic oxidation sites excluding steroid dienone is 2. The molecule has 0 amide bonds. The van der Waals surface area contributed by atoms with Crippen LogP contribution in [0.15, 0.2) is 24.3 Å². The summed E-state index contributed by atoms with van der Waals surface area (Å²) >= 11 is 0. The normalized spacial score (nSPS) is 31.7. The van der Waals surface area contributed by atoms with Gasteiger partial charge in [0.2, 0.25) is 5.60 Å². The first kappa shape index (κ1) is 10.9. The van der Waals surface area contributed by atoms with E-state index in [1.165, 1.54) is 12.2 Å². The molecule has 0 aromatic carbocycles. The lowest BCUT2D eigenvalue weighted by Gasteiger charge is -2.26. The summed E-state index contributed by atoms with van der Waals surface area (Å²) in [5.41, 5.74) is -2.61. The van der Waals surface area contributed by atoms with E-state index < -0.39 is 26.9 Å². The minimum absolute atomic E-state index is 0.799. The first-order valence-electron chi connectivity index (χ1n) is 3.56. The summed E-state index contributed by atoms with van der Waals surface area (Å²) in [7, 11) is -4.65. The lowest BCUT2D eigenvalue weighted by Crippen LogP contribution is -2.51. The van der Waals surface area contributed by atoms with Crippen LogP contribution in [0.3, 0.4) is 0 Å². The summed E-state index contributed by atoms with van der Waals surface area (Å²) < 4.78 is 30.2. The van der Waals surface area contributed by atoms with Crippen molar-refractivity contribution in [3.8, 4) is 0 Å². The molecule has 0 bridgehead atoms. The van der Waals surface area contributed by atoms with Crippen LogP contribution in [-0.2, 0) is 14.9 Å². The zero-order chi connectivity index (χ0) is 11.0. The average molecular weight is 220 g/mol. The number of carbonyl (C=O) groups is 1. The summed E-state index contributed by atoms with van der Waals surface area (Å²) in [6.07, 6.45) is 4.13. The van der Waals surface area contributed by atoms with Crippen molar-refractivity contribution in [2.75, 3.05) is 0 Å². The highest BCUT2D eigenvalue weighted by atomic mass is 32.2. The molecule has 1 rings (SSSR count). The van der Waals surface area contributed by atoms with Crippen LogP contribution < -0.4 is 0 Å². The van der Waals surface area contributed by atoms with E-state index in [-0.39, 0.29) is 0 Å². The molecule has 3 N–H and O–H groups in total. The molecule has 14 heavy (non-hydrogen) atoms. The van der Waals surface area contributed by atoms with E-state index in [1.807, 2.05) is 0 Å².